The smallest absolute Gasteiger partial charge is 0.0486 e. The summed E-state index contributed by atoms with van der Waals surface area (Å²) in [4.78, 5) is 0. The first-order valence-electron chi connectivity index (χ1n) is 12.6. The molecule has 0 amide bonds. The van der Waals surface area contributed by atoms with Gasteiger partial charge in [-0.2, -0.15) is 0 Å². The molecule has 196 valence electrons. The van der Waals surface area contributed by atoms with Gasteiger partial charge in [0.1, 0.15) is 5.75 Å². The fourth-order valence-corrected chi connectivity index (χ4v) is 5.60. The summed E-state index contributed by atoms with van der Waals surface area (Å²) in [5.41, 5.74) is 8.67. The van der Waals surface area contributed by atoms with E-state index in [-0.39, 0.29) is 26.9 Å². The molecule has 6 nitrogen and oxygen atoms in total. The van der Waals surface area contributed by atoms with Gasteiger partial charge in [-0.1, -0.05) is 26.8 Å². The number of nitrogens with one attached hydrogen (secondary N) is 1. The fraction of sp³-hybridized carbons (Fsp3) is 0.226. The maximum atomic E-state index is 6.34. The Morgan fingerprint density at radius 3 is 2.61 bits per heavy atom. The Labute approximate surface area is 234 Å². The Balaban J connectivity index is 1.29. The van der Waals surface area contributed by atoms with Crippen LogP contribution in [0.5, 0.6) is 17.2 Å². The quantitative estimate of drug-likeness (QED) is 0.211. The van der Waals surface area contributed by atoms with E-state index in [1.165, 1.54) is 16.5 Å². The molecule has 0 unspecified atom stereocenters. The molecule has 2 heterocycles. The van der Waals surface area contributed by atoms with Gasteiger partial charge in [0.2, 0.25) is 0 Å². The van der Waals surface area contributed by atoms with E-state index < -0.39 is 0 Å². The number of nitrogens with zero attached hydrogens (tertiary/aromatic N) is 3. The topological polar surface area (TPSA) is 60.1 Å². The zero-order chi connectivity index (χ0) is 26.5. The Hall–Kier alpha value is -3.59. The Bertz CT molecular complexity index is 1500. The second-order valence-corrected chi connectivity index (χ2v) is 12.1. The third-order valence-corrected chi connectivity index (χ3v) is 7.48. The van der Waals surface area contributed by atoms with Crippen molar-refractivity contribution in [3.8, 4) is 17.2 Å². The summed E-state index contributed by atoms with van der Waals surface area (Å²) in [6.07, 6.45) is 4.87. The van der Waals surface area contributed by atoms with Crippen molar-refractivity contribution < 1.29 is 31.0 Å². The van der Waals surface area contributed by atoms with Gasteiger partial charge in [-0.15, -0.1) is 6.58 Å². The van der Waals surface area contributed by atoms with Gasteiger partial charge in [0, 0.05) is 29.2 Å². The molecule has 1 aliphatic heterocycles. The van der Waals surface area contributed by atoms with E-state index in [0.717, 1.165) is 47.0 Å². The van der Waals surface area contributed by atoms with Crippen molar-refractivity contribution in [1.82, 2.24) is 9.99 Å². The normalized spacial score (nSPS) is 13.4. The molecule has 4 aromatic rings. The summed E-state index contributed by atoms with van der Waals surface area (Å²) in [6, 6.07) is 22.5. The minimum absolute atomic E-state index is 0.201. The summed E-state index contributed by atoms with van der Waals surface area (Å²) in [6.45, 7) is 12.2. The van der Waals surface area contributed by atoms with Crippen LogP contribution in [0.4, 0.5) is 0 Å². The van der Waals surface area contributed by atoms with Crippen molar-refractivity contribution in [1.29, 1.82) is 0 Å². The van der Waals surface area contributed by atoms with Crippen LogP contribution in [-0.2, 0) is 19.6 Å². The van der Waals surface area contributed by atoms with Gasteiger partial charge in [-0.05, 0) is 30.0 Å². The third kappa shape index (κ3) is 6.27. The van der Waals surface area contributed by atoms with E-state index in [1.807, 2.05) is 48.5 Å². The van der Waals surface area contributed by atoms with Gasteiger partial charge in [0.05, 0.1) is 0 Å². The molecule has 0 spiro atoms. The van der Waals surface area contributed by atoms with Crippen LogP contribution in [0.15, 0.2) is 98.2 Å². The summed E-state index contributed by atoms with van der Waals surface area (Å²) >= 11 is -0.358. The Morgan fingerprint density at radius 2 is 1.87 bits per heavy atom. The number of rotatable bonds is 9. The van der Waals surface area contributed by atoms with Crippen molar-refractivity contribution in [3.05, 3.63) is 106 Å². The van der Waals surface area contributed by atoms with Gasteiger partial charge >= 0.3 is 132 Å². The second-order valence-electron chi connectivity index (χ2n) is 10.4. The number of allylic oxidation sites excluding steroid dienone is 1. The van der Waals surface area contributed by atoms with E-state index in [1.54, 1.807) is 0 Å². The molecule has 38 heavy (non-hydrogen) atoms. The molecule has 1 aliphatic rings. The zero-order valence-electron chi connectivity index (χ0n) is 21.9. The molecule has 0 radical (unpaired) electrons. The largest absolute Gasteiger partial charge is 0.347 e. The van der Waals surface area contributed by atoms with Gasteiger partial charge in [0.25, 0.3) is 0 Å². The van der Waals surface area contributed by atoms with Crippen molar-refractivity contribution in [2.24, 2.45) is 14.0 Å². The predicted octanol–water partition coefficient (Wildman–Crippen LogP) is 5.06. The van der Waals surface area contributed by atoms with E-state index in [0.29, 0.717) is 6.61 Å². The summed E-state index contributed by atoms with van der Waals surface area (Å²) in [5, 5.41) is 5.14. The summed E-state index contributed by atoms with van der Waals surface area (Å²) < 4.78 is 20.9. The summed E-state index contributed by atoms with van der Waals surface area (Å²) in [7, 11) is 0. The number of hydrogen-bond acceptors (Lipinski definition) is 5. The van der Waals surface area contributed by atoms with Crippen LogP contribution in [0.3, 0.4) is 0 Å². The maximum absolute atomic E-state index is 6.34. The van der Waals surface area contributed by atoms with E-state index in [2.05, 4.69) is 80.4 Å². The average molecular weight is 620 g/mol. The average Bonchev–Trinajstić information content (AvgIpc) is 3.31. The first kappa shape index (κ1) is 26.0. The van der Waals surface area contributed by atoms with E-state index in [4.69, 9.17) is 9.47 Å². The predicted molar refractivity (Wildman–Crippen MR) is 149 cm³/mol. The number of hydrogen-bond donors (Lipinski definition) is 1. The van der Waals surface area contributed by atoms with Crippen molar-refractivity contribution in [2.75, 3.05) is 0 Å². The standard InChI is InChI=1S/C31H32IN4O2/c1-5-7-27-26-16-17-36(21-31(2,3)4)29(26)14-15-30(27)37-20-22-8-6-9-25(18-22)38-24-12-10-23(11-13-24)28-19-32-34-35-33-28/h5-6,8-19H,1,7,20-21H2,2-4H3,(H,33,34)/q-1. The minimum Gasteiger partial charge on any atom is -0.347 e. The van der Waals surface area contributed by atoms with Crippen molar-refractivity contribution in [2.45, 2.75) is 40.3 Å². The molecular formula is C31H32IN4O2-. The summed E-state index contributed by atoms with van der Waals surface area (Å²) in [5.74, 6) is 2.44. The first-order chi connectivity index (χ1) is 18.4. The van der Waals surface area contributed by atoms with Crippen LogP contribution in [0, 0.1) is 5.41 Å². The van der Waals surface area contributed by atoms with Crippen LogP contribution in [-0.4, -0.2) is 4.57 Å². The number of aromatic nitrogens is 1. The molecule has 0 fully saturated rings. The van der Waals surface area contributed by atoms with E-state index in [9.17, 15) is 0 Å². The molecule has 3 aromatic carbocycles. The molecule has 0 saturated carbocycles. The van der Waals surface area contributed by atoms with Gasteiger partial charge < -0.3 is 4.57 Å². The second kappa shape index (κ2) is 11.4. The molecule has 0 bridgehead atoms. The number of halogens is 1. The molecule has 5 rings (SSSR count). The molecular weight excluding hydrogens is 587 g/mol. The molecule has 0 saturated heterocycles. The van der Waals surface area contributed by atoms with Gasteiger partial charge in [-0.3, -0.25) is 0 Å². The monoisotopic (exact) mass is 619 g/mol. The zero-order valence-corrected chi connectivity index (χ0v) is 24.1. The molecule has 0 aliphatic carbocycles. The number of benzene rings is 3. The van der Waals surface area contributed by atoms with Crippen LogP contribution >= 0.6 is 0 Å². The van der Waals surface area contributed by atoms with Crippen LogP contribution in [0.25, 0.3) is 16.6 Å². The van der Waals surface area contributed by atoms with Gasteiger partial charge in [0.15, 0.2) is 0 Å². The molecule has 1 aromatic heterocycles. The number of ether oxygens (including phenoxy) is 2. The Morgan fingerprint density at radius 1 is 1.03 bits per heavy atom. The molecule has 0 atom stereocenters. The van der Waals surface area contributed by atoms with Gasteiger partial charge in [-0.25, -0.2) is 0 Å². The Kier molecular flexibility index (Phi) is 7.83. The molecule has 7 heteroatoms. The van der Waals surface area contributed by atoms with E-state index >= 15 is 0 Å². The third-order valence-electron chi connectivity index (χ3n) is 6.12. The van der Waals surface area contributed by atoms with Crippen LogP contribution in [0.1, 0.15) is 37.5 Å². The SMILES string of the molecule is C=CCc1c(OCc2cccc(Oc3ccc(C4=C[I-]N=NN4)cc3)c2)ccc2c1ccn2CC(C)(C)C. The number of fused-ring (bicyclic) bond motifs is 1. The van der Waals surface area contributed by atoms with Crippen molar-refractivity contribution >= 4 is 16.6 Å². The minimum atomic E-state index is -0.358. The van der Waals surface area contributed by atoms with Crippen LogP contribution < -0.4 is 36.4 Å². The maximum Gasteiger partial charge on any atom is 0.0486 e. The molecule has 1 N–H and O–H groups in total. The van der Waals surface area contributed by atoms with Crippen LogP contribution in [0.2, 0.25) is 0 Å². The fourth-order valence-electron chi connectivity index (χ4n) is 4.47. The van der Waals surface area contributed by atoms with Crippen molar-refractivity contribution in [3.63, 3.8) is 0 Å². The first-order valence-corrected chi connectivity index (χ1v) is 14.8.